The number of aromatic nitrogens is 3. The summed E-state index contributed by atoms with van der Waals surface area (Å²) in [7, 11) is 1.60. The van der Waals surface area contributed by atoms with Crippen molar-refractivity contribution in [3.8, 4) is 0 Å². The van der Waals surface area contributed by atoms with Crippen molar-refractivity contribution in [3.63, 3.8) is 0 Å². The van der Waals surface area contributed by atoms with Crippen LogP contribution in [-0.4, -0.2) is 33.1 Å². The number of nitrogens with one attached hydrogen (secondary N) is 1. The summed E-state index contributed by atoms with van der Waals surface area (Å²) >= 11 is 0. The lowest BCUT2D eigenvalue weighted by atomic mass is 10.0. The zero-order valence-electron chi connectivity index (χ0n) is 13.7. The minimum Gasteiger partial charge on any atom is -0.338 e. The van der Waals surface area contributed by atoms with Gasteiger partial charge in [-0.15, -0.1) is 0 Å². The third-order valence-electron chi connectivity index (χ3n) is 3.58. The lowest BCUT2D eigenvalue weighted by molar-refractivity contribution is 0.209. The number of urea groups is 1. The number of hydrogen-bond donors (Lipinski definition) is 1. The van der Waals surface area contributed by atoms with Crippen LogP contribution in [0.5, 0.6) is 0 Å². The SMILES string of the molecule is Cc1cc(NC(=O)N(C)C(c2ccc(F)cc2)c2ncccn2)on1. The summed E-state index contributed by atoms with van der Waals surface area (Å²) in [6.07, 6.45) is 3.18. The van der Waals surface area contributed by atoms with E-state index < -0.39 is 12.1 Å². The van der Waals surface area contributed by atoms with E-state index in [0.717, 1.165) is 0 Å². The highest BCUT2D eigenvalue weighted by Gasteiger charge is 2.26. The van der Waals surface area contributed by atoms with E-state index in [2.05, 4.69) is 20.4 Å². The van der Waals surface area contributed by atoms with Crippen LogP contribution in [0.15, 0.2) is 53.3 Å². The first-order valence-electron chi connectivity index (χ1n) is 7.54. The second kappa shape index (κ2) is 7.08. The summed E-state index contributed by atoms with van der Waals surface area (Å²) in [6.45, 7) is 1.75. The van der Waals surface area contributed by atoms with E-state index in [9.17, 15) is 9.18 Å². The van der Waals surface area contributed by atoms with Crippen molar-refractivity contribution in [2.45, 2.75) is 13.0 Å². The fourth-order valence-corrected chi connectivity index (χ4v) is 2.38. The number of carbonyl (C=O) groups is 1. The molecule has 0 aliphatic carbocycles. The van der Waals surface area contributed by atoms with Gasteiger partial charge in [0.25, 0.3) is 0 Å². The number of amides is 2. The predicted octanol–water partition coefficient (Wildman–Crippen LogP) is 3.17. The Hall–Kier alpha value is -3.29. The number of hydrogen-bond acceptors (Lipinski definition) is 5. The van der Waals surface area contributed by atoms with Crippen LogP contribution < -0.4 is 5.32 Å². The Bertz CT molecular complexity index is 851. The van der Waals surface area contributed by atoms with E-state index >= 15 is 0 Å². The summed E-state index contributed by atoms with van der Waals surface area (Å²) in [5.74, 6) is 0.294. The molecular weight excluding hydrogens is 325 g/mol. The number of benzene rings is 1. The highest BCUT2D eigenvalue weighted by atomic mass is 19.1. The number of anilines is 1. The van der Waals surface area contributed by atoms with Gasteiger partial charge in [-0.3, -0.25) is 5.32 Å². The van der Waals surface area contributed by atoms with Crippen molar-refractivity contribution >= 4 is 11.9 Å². The standard InChI is InChI=1S/C17H16FN5O2/c1-11-10-14(25-22-11)21-17(24)23(2)15(16-19-8-3-9-20-16)12-4-6-13(18)7-5-12/h3-10,15H,1-2H3,(H,21,24). The molecule has 3 aromatic rings. The molecule has 1 unspecified atom stereocenters. The largest absolute Gasteiger partial charge is 0.338 e. The molecule has 8 heteroatoms. The minimum absolute atomic E-state index is 0.237. The highest BCUT2D eigenvalue weighted by Crippen LogP contribution is 2.26. The molecule has 0 fully saturated rings. The quantitative estimate of drug-likeness (QED) is 0.788. The third-order valence-corrected chi connectivity index (χ3v) is 3.58. The molecule has 1 atom stereocenters. The van der Waals surface area contributed by atoms with Gasteiger partial charge in [-0.2, -0.15) is 0 Å². The van der Waals surface area contributed by atoms with Gasteiger partial charge in [-0.25, -0.2) is 19.2 Å². The molecule has 2 heterocycles. The molecule has 0 spiro atoms. The maximum absolute atomic E-state index is 13.3. The van der Waals surface area contributed by atoms with Gasteiger partial charge in [0.1, 0.15) is 11.9 Å². The molecular formula is C17H16FN5O2. The zero-order valence-corrected chi connectivity index (χ0v) is 13.7. The van der Waals surface area contributed by atoms with Gasteiger partial charge in [-0.1, -0.05) is 17.3 Å². The van der Waals surface area contributed by atoms with E-state index in [0.29, 0.717) is 17.1 Å². The highest BCUT2D eigenvalue weighted by molar-refractivity contribution is 5.88. The molecule has 2 aromatic heterocycles. The van der Waals surface area contributed by atoms with Crippen LogP contribution in [0.4, 0.5) is 15.1 Å². The predicted molar refractivity (Wildman–Crippen MR) is 88.3 cm³/mol. The van der Waals surface area contributed by atoms with Crippen LogP contribution in [0.25, 0.3) is 0 Å². The molecule has 2 amide bonds. The second-order valence-corrected chi connectivity index (χ2v) is 5.43. The fraction of sp³-hybridized carbons (Fsp3) is 0.176. The first-order valence-corrected chi connectivity index (χ1v) is 7.54. The normalized spacial score (nSPS) is 11.8. The van der Waals surface area contributed by atoms with E-state index in [1.165, 1.54) is 17.0 Å². The van der Waals surface area contributed by atoms with E-state index in [-0.39, 0.29) is 11.7 Å². The van der Waals surface area contributed by atoms with Crippen LogP contribution in [-0.2, 0) is 0 Å². The molecule has 0 saturated carbocycles. The number of carbonyl (C=O) groups excluding carboxylic acids is 1. The molecule has 0 bridgehead atoms. The molecule has 1 aromatic carbocycles. The summed E-state index contributed by atoms with van der Waals surface area (Å²) in [4.78, 5) is 22.5. The first-order chi connectivity index (χ1) is 12.0. The average Bonchev–Trinajstić information content (AvgIpc) is 3.02. The molecule has 0 radical (unpaired) electrons. The molecule has 128 valence electrons. The zero-order chi connectivity index (χ0) is 17.8. The molecule has 0 aliphatic rings. The monoisotopic (exact) mass is 341 g/mol. The van der Waals surface area contributed by atoms with Crippen molar-refractivity contribution in [1.29, 1.82) is 0 Å². The van der Waals surface area contributed by atoms with Gasteiger partial charge in [0.05, 0.1) is 5.69 Å². The Balaban J connectivity index is 1.90. The van der Waals surface area contributed by atoms with Crippen LogP contribution in [0, 0.1) is 12.7 Å². The lowest BCUT2D eigenvalue weighted by Gasteiger charge is -2.27. The number of halogens is 1. The van der Waals surface area contributed by atoms with Crippen molar-refractivity contribution in [2.75, 3.05) is 12.4 Å². The summed E-state index contributed by atoms with van der Waals surface area (Å²) < 4.78 is 18.3. The van der Waals surface area contributed by atoms with Gasteiger partial charge in [0.2, 0.25) is 5.88 Å². The Labute approximate surface area is 143 Å². The topological polar surface area (TPSA) is 84.2 Å². The van der Waals surface area contributed by atoms with E-state index in [1.54, 1.807) is 50.6 Å². The van der Waals surface area contributed by atoms with Crippen molar-refractivity contribution in [1.82, 2.24) is 20.0 Å². The van der Waals surface area contributed by atoms with Crippen LogP contribution in [0.1, 0.15) is 23.1 Å². The second-order valence-electron chi connectivity index (χ2n) is 5.43. The maximum atomic E-state index is 13.3. The Kier molecular flexibility index (Phi) is 4.69. The fourth-order valence-electron chi connectivity index (χ4n) is 2.38. The van der Waals surface area contributed by atoms with Crippen molar-refractivity contribution < 1.29 is 13.7 Å². The van der Waals surface area contributed by atoms with Gasteiger partial charge < -0.3 is 9.42 Å². The Morgan fingerprint density at radius 1 is 1.24 bits per heavy atom. The minimum atomic E-state index is -0.592. The van der Waals surface area contributed by atoms with E-state index in [1.807, 2.05) is 0 Å². The summed E-state index contributed by atoms with van der Waals surface area (Å²) in [6, 6.07) is 8.12. The van der Waals surface area contributed by atoms with E-state index in [4.69, 9.17) is 4.52 Å². The first kappa shape index (κ1) is 16.6. The Morgan fingerprint density at radius 2 is 1.92 bits per heavy atom. The molecule has 0 aliphatic heterocycles. The number of rotatable bonds is 4. The average molecular weight is 341 g/mol. The summed E-state index contributed by atoms with van der Waals surface area (Å²) in [5.41, 5.74) is 1.33. The molecule has 3 rings (SSSR count). The van der Waals surface area contributed by atoms with Gasteiger partial charge in [0, 0.05) is 25.5 Å². The van der Waals surface area contributed by atoms with Crippen LogP contribution >= 0.6 is 0 Å². The summed E-state index contributed by atoms with van der Waals surface area (Å²) in [5, 5.41) is 6.35. The van der Waals surface area contributed by atoms with Gasteiger partial charge >= 0.3 is 6.03 Å². The lowest BCUT2D eigenvalue weighted by Crippen LogP contribution is -2.36. The molecule has 1 N–H and O–H groups in total. The number of aryl methyl sites for hydroxylation is 1. The molecule has 0 saturated heterocycles. The van der Waals surface area contributed by atoms with Crippen molar-refractivity contribution in [3.05, 3.63) is 71.7 Å². The third kappa shape index (κ3) is 3.79. The smallest absolute Gasteiger partial charge is 0.324 e. The van der Waals surface area contributed by atoms with Gasteiger partial charge in [-0.05, 0) is 30.7 Å². The molecule has 7 nitrogen and oxygen atoms in total. The van der Waals surface area contributed by atoms with Crippen LogP contribution in [0.3, 0.4) is 0 Å². The number of nitrogens with zero attached hydrogens (tertiary/aromatic N) is 4. The van der Waals surface area contributed by atoms with Crippen LogP contribution in [0.2, 0.25) is 0 Å². The van der Waals surface area contributed by atoms with Crippen molar-refractivity contribution in [2.24, 2.45) is 0 Å². The van der Waals surface area contributed by atoms with Gasteiger partial charge in [0.15, 0.2) is 5.82 Å². The Morgan fingerprint density at radius 3 is 2.52 bits per heavy atom. The maximum Gasteiger partial charge on any atom is 0.324 e. The molecule has 25 heavy (non-hydrogen) atoms.